The summed E-state index contributed by atoms with van der Waals surface area (Å²) >= 11 is 0. The molecule has 1 aromatic rings. The van der Waals surface area contributed by atoms with Gasteiger partial charge in [0.25, 0.3) is 0 Å². The van der Waals surface area contributed by atoms with Crippen molar-refractivity contribution in [2.45, 2.75) is 25.8 Å². The number of unbranched alkanes of at least 4 members (excludes halogenated alkanes) is 1. The fourth-order valence-corrected chi connectivity index (χ4v) is 1.15. The molecule has 0 bridgehead atoms. The van der Waals surface area contributed by atoms with Crippen LogP contribution in [0, 0.1) is 0 Å². The molecule has 1 rings (SSSR count). The lowest BCUT2D eigenvalue weighted by molar-refractivity contribution is 0.598. The molecule has 0 aliphatic carbocycles. The van der Waals surface area contributed by atoms with Crippen molar-refractivity contribution in [3.8, 4) is 0 Å². The third-order valence-corrected chi connectivity index (χ3v) is 1.83. The molecule has 0 spiro atoms. The van der Waals surface area contributed by atoms with Crippen LogP contribution in [0.25, 0.3) is 0 Å². The summed E-state index contributed by atoms with van der Waals surface area (Å²) in [6.45, 7) is 2.09. The maximum absolute atomic E-state index is 5.39. The van der Waals surface area contributed by atoms with Gasteiger partial charge in [-0.1, -0.05) is 5.21 Å². The van der Waals surface area contributed by atoms with E-state index in [0.29, 0.717) is 6.54 Å². The van der Waals surface area contributed by atoms with Crippen LogP contribution in [-0.4, -0.2) is 28.1 Å². The van der Waals surface area contributed by atoms with E-state index in [1.54, 1.807) is 4.68 Å². The first-order valence-corrected chi connectivity index (χ1v) is 4.66. The summed E-state index contributed by atoms with van der Waals surface area (Å²) in [6.07, 6.45) is 5.03. The van der Waals surface area contributed by atoms with Gasteiger partial charge in [0.05, 0.1) is 12.2 Å². The highest BCUT2D eigenvalue weighted by atomic mass is 15.4. The minimum absolute atomic E-state index is 0.603. The zero-order valence-corrected chi connectivity index (χ0v) is 7.82. The van der Waals surface area contributed by atoms with Crippen LogP contribution >= 0.6 is 0 Å². The van der Waals surface area contributed by atoms with E-state index in [1.165, 1.54) is 0 Å². The maximum Gasteiger partial charge on any atom is 0.0827 e. The normalized spacial score (nSPS) is 10.6. The van der Waals surface area contributed by atoms with E-state index in [9.17, 15) is 0 Å². The van der Waals surface area contributed by atoms with Gasteiger partial charge in [0.1, 0.15) is 0 Å². The standard InChI is InChI=1S/C8H17N5/c9-4-2-1-3-8-7-13(6-5-10)12-11-8/h7H,1-6,9-10H2. The van der Waals surface area contributed by atoms with Gasteiger partial charge in [0.2, 0.25) is 0 Å². The van der Waals surface area contributed by atoms with Crippen molar-refractivity contribution in [3.05, 3.63) is 11.9 Å². The minimum Gasteiger partial charge on any atom is -0.330 e. The molecule has 4 N–H and O–H groups in total. The molecule has 0 aliphatic rings. The van der Waals surface area contributed by atoms with Crippen molar-refractivity contribution in [1.82, 2.24) is 15.0 Å². The third-order valence-electron chi connectivity index (χ3n) is 1.83. The Balaban J connectivity index is 2.31. The second kappa shape index (κ2) is 5.66. The van der Waals surface area contributed by atoms with Crippen LogP contribution in [0.4, 0.5) is 0 Å². The molecule has 0 saturated carbocycles. The highest BCUT2D eigenvalue weighted by Crippen LogP contribution is 1.99. The first-order valence-electron chi connectivity index (χ1n) is 4.66. The van der Waals surface area contributed by atoms with Crippen LogP contribution in [0.5, 0.6) is 0 Å². The predicted octanol–water partition coefficient (Wildman–Crippen LogP) is -0.482. The Morgan fingerprint density at radius 1 is 1.23 bits per heavy atom. The van der Waals surface area contributed by atoms with Gasteiger partial charge in [0.15, 0.2) is 0 Å². The summed E-state index contributed by atoms with van der Waals surface area (Å²) in [5, 5.41) is 7.96. The van der Waals surface area contributed by atoms with E-state index in [-0.39, 0.29) is 0 Å². The molecule has 5 heteroatoms. The Morgan fingerprint density at radius 2 is 2.08 bits per heavy atom. The molecule has 1 heterocycles. The van der Waals surface area contributed by atoms with Crippen LogP contribution in [0.2, 0.25) is 0 Å². The minimum atomic E-state index is 0.603. The van der Waals surface area contributed by atoms with Crippen molar-refractivity contribution in [2.75, 3.05) is 13.1 Å². The van der Waals surface area contributed by atoms with Crippen LogP contribution in [0.15, 0.2) is 6.20 Å². The fraction of sp³-hybridized carbons (Fsp3) is 0.750. The molecule has 5 nitrogen and oxygen atoms in total. The summed E-state index contributed by atoms with van der Waals surface area (Å²) in [7, 11) is 0. The highest BCUT2D eigenvalue weighted by Gasteiger charge is 1.98. The molecule has 0 radical (unpaired) electrons. The fourth-order valence-electron chi connectivity index (χ4n) is 1.15. The largest absolute Gasteiger partial charge is 0.330 e. The Bertz CT molecular complexity index is 232. The molecule has 0 atom stereocenters. The van der Waals surface area contributed by atoms with Gasteiger partial charge in [-0.05, 0) is 25.8 Å². The van der Waals surface area contributed by atoms with Gasteiger partial charge >= 0.3 is 0 Å². The van der Waals surface area contributed by atoms with Gasteiger partial charge in [-0.15, -0.1) is 5.10 Å². The molecule has 0 fully saturated rings. The lowest BCUT2D eigenvalue weighted by atomic mass is 10.2. The quantitative estimate of drug-likeness (QED) is 0.583. The lowest BCUT2D eigenvalue weighted by Crippen LogP contribution is -2.10. The topological polar surface area (TPSA) is 82.8 Å². The number of hydrogen-bond donors (Lipinski definition) is 2. The first kappa shape index (κ1) is 10.1. The first-order chi connectivity index (χ1) is 6.36. The second-order valence-corrected chi connectivity index (χ2v) is 3.01. The van der Waals surface area contributed by atoms with Crippen LogP contribution < -0.4 is 11.5 Å². The van der Waals surface area contributed by atoms with E-state index < -0.39 is 0 Å². The number of aromatic nitrogens is 3. The lowest BCUT2D eigenvalue weighted by Gasteiger charge is -1.94. The monoisotopic (exact) mass is 183 g/mol. The van der Waals surface area contributed by atoms with Crippen molar-refractivity contribution < 1.29 is 0 Å². The van der Waals surface area contributed by atoms with Crippen LogP contribution in [-0.2, 0) is 13.0 Å². The highest BCUT2D eigenvalue weighted by molar-refractivity contribution is 4.92. The van der Waals surface area contributed by atoms with Gasteiger partial charge in [-0.2, -0.15) is 0 Å². The van der Waals surface area contributed by atoms with E-state index in [4.69, 9.17) is 11.5 Å². The average molecular weight is 183 g/mol. The van der Waals surface area contributed by atoms with Gasteiger partial charge in [-0.3, -0.25) is 4.68 Å². The number of nitrogens with zero attached hydrogens (tertiary/aromatic N) is 3. The van der Waals surface area contributed by atoms with E-state index in [1.807, 2.05) is 6.20 Å². The maximum atomic E-state index is 5.39. The van der Waals surface area contributed by atoms with E-state index in [0.717, 1.165) is 38.0 Å². The molecular formula is C8H17N5. The summed E-state index contributed by atoms with van der Waals surface area (Å²) in [6, 6.07) is 0. The third kappa shape index (κ3) is 3.52. The number of rotatable bonds is 6. The Morgan fingerprint density at radius 3 is 2.77 bits per heavy atom. The predicted molar refractivity (Wildman–Crippen MR) is 51.1 cm³/mol. The Hall–Kier alpha value is -0.940. The molecule has 74 valence electrons. The van der Waals surface area contributed by atoms with E-state index >= 15 is 0 Å². The van der Waals surface area contributed by atoms with Gasteiger partial charge in [-0.25, -0.2) is 0 Å². The van der Waals surface area contributed by atoms with Crippen molar-refractivity contribution in [3.63, 3.8) is 0 Å². The summed E-state index contributed by atoms with van der Waals surface area (Å²) < 4.78 is 1.78. The van der Waals surface area contributed by atoms with Crippen molar-refractivity contribution in [1.29, 1.82) is 0 Å². The summed E-state index contributed by atoms with van der Waals surface area (Å²) in [4.78, 5) is 0. The zero-order valence-electron chi connectivity index (χ0n) is 7.82. The molecule has 0 aliphatic heterocycles. The van der Waals surface area contributed by atoms with Crippen LogP contribution in [0.1, 0.15) is 18.5 Å². The van der Waals surface area contributed by atoms with Gasteiger partial charge < -0.3 is 11.5 Å². The molecular weight excluding hydrogens is 166 g/mol. The summed E-state index contributed by atoms with van der Waals surface area (Å²) in [5.74, 6) is 0. The van der Waals surface area contributed by atoms with Gasteiger partial charge in [0, 0.05) is 12.7 Å². The number of hydrogen-bond acceptors (Lipinski definition) is 4. The smallest absolute Gasteiger partial charge is 0.0827 e. The molecule has 0 unspecified atom stereocenters. The average Bonchev–Trinajstić information content (AvgIpc) is 2.54. The van der Waals surface area contributed by atoms with E-state index in [2.05, 4.69) is 10.3 Å². The molecule has 0 aromatic carbocycles. The SMILES string of the molecule is NCCCCc1cn(CCN)nn1. The zero-order chi connectivity index (χ0) is 9.52. The van der Waals surface area contributed by atoms with Crippen molar-refractivity contribution in [2.24, 2.45) is 11.5 Å². The van der Waals surface area contributed by atoms with Crippen LogP contribution in [0.3, 0.4) is 0 Å². The molecule has 0 saturated heterocycles. The Labute approximate surface area is 78.1 Å². The second-order valence-electron chi connectivity index (χ2n) is 3.01. The Kier molecular flexibility index (Phi) is 4.42. The molecule has 1 aromatic heterocycles. The number of nitrogens with two attached hydrogens (primary N) is 2. The number of aryl methyl sites for hydroxylation is 1. The molecule has 13 heavy (non-hydrogen) atoms. The molecule has 0 amide bonds. The summed E-state index contributed by atoms with van der Waals surface area (Å²) in [5.41, 5.74) is 11.8. The van der Waals surface area contributed by atoms with Crippen molar-refractivity contribution >= 4 is 0 Å².